The van der Waals surface area contributed by atoms with Gasteiger partial charge in [-0.2, -0.15) is 5.10 Å². The number of ether oxygens (including phenoxy) is 1. The normalized spacial score (nSPS) is 27.1. The number of nitrogens with zero attached hydrogens (tertiary/aromatic N) is 4. The van der Waals surface area contributed by atoms with Crippen LogP contribution in [0, 0.1) is 17.7 Å². The molecule has 3 heterocycles. The molecule has 2 aromatic heterocycles. The maximum atomic E-state index is 14.6. The molecule has 2 aliphatic carbocycles. The number of aromatic nitrogens is 3. The molecule has 2 aromatic rings. The third-order valence-electron chi connectivity index (χ3n) is 5.73. The molecular weight excluding hydrogens is 371 g/mol. The number of likely N-dealkylation sites (tertiary alicyclic amines) is 1. The number of carbonyl (C=O) groups is 1. The number of hydrogen-bond acceptors (Lipinski definition) is 4. The highest BCUT2D eigenvalue weighted by molar-refractivity contribution is 6.30. The number of carbonyl (C=O) groups excluding carboxylic acids is 1. The lowest BCUT2D eigenvalue weighted by molar-refractivity contribution is 0.0271. The molecule has 0 N–H and O–H groups in total. The van der Waals surface area contributed by atoms with Crippen molar-refractivity contribution < 1.29 is 13.9 Å². The van der Waals surface area contributed by atoms with E-state index in [-0.39, 0.29) is 23.2 Å². The van der Waals surface area contributed by atoms with Gasteiger partial charge in [-0.25, -0.2) is 14.2 Å². The van der Waals surface area contributed by atoms with Gasteiger partial charge >= 0.3 is 6.09 Å². The zero-order valence-electron chi connectivity index (χ0n) is 15.6. The Kier molecular flexibility index (Phi) is 3.55. The van der Waals surface area contributed by atoms with E-state index in [1.165, 1.54) is 0 Å². The summed E-state index contributed by atoms with van der Waals surface area (Å²) in [6.07, 6.45) is 3.40. The number of hydrogen-bond donors (Lipinski definition) is 0. The van der Waals surface area contributed by atoms with Crippen LogP contribution in [0.2, 0.25) is 5.15 Å². The van der Waals surface area contributed by atoms with E-state index in [1.54, 1.807) is 15.8 Å². The highest BCUT2D eigenvalue weighted by Gasteiger charge is 2.59. The second-order valence-corrected chi connectivity index (χ2v) is 9.28. The maximum Gasteiger partial charge on any atom is 0.410 e. The number of halogens is 2. The predicted octanol–water partition coefficient (Wildman–Crippen LogP) is 4.14. The minimum Gasteiger partial charge on any atom is -0.444 e. The number of rotatable bonds is 2. The summed E-state index contributed by atoms with van der Waals surface area (Å²) in [5.41, 5.74) is 0.880. The van der Waals surface area contributed by atoms with Crippen LogP contribution in [0.15, 0.2) is 6.20 Å². The van der Waals surface area contributed by atoms with Crippen LogP contribution in [0.3, 0.4) is 0 Å². The lowest BCUT2D eigenvalue weighted by Crippen LogP contribution is -2.36. The van der Waals surface area contributed by atoms with E-state index in [2.05, 4.69) is 4.98 Å². The number of pyridine rings is 1. The first-order valence-electron chi connectivity index (χ1n) is 9.44. The van der Waals surface area contributed by atoms with Crippen molar-refractivity contribution in [3.8, 4) is 0 Å². The standard InChI is InChI=1S/C19H22ClFN4O2/c1-19(2,3)27-18(26)24-7-11-12(8-24)13(11)15-10-6-22-17(20)14(21)16(10)25(23-15)9-4-5-9/h6,9,11-13H,4-5,7-8H2,1-3H3. The highest BCUT2D eigenvalue weighted by Crippen LogP contribution is 2.59. The van der Waals surface area contributed by atoms with Gasteiger partial charge in [0.25, 0.3) is 0 Å². The Hall–Kier alpha value is -1.89. The van der Waals surface area contributed by atoms with Gasteiger partial charge in [-0.05, 0) is 45.4 Å². The quantitative estimate of drug-likeness (QED) is 0.721. The topological polar surface area (TPSA) is 60.2 Å². The lowest BCUT2D eigenvalue weighted by atomic mass is 10.1. The van der Waals surface area contributed by atoms with Gasteiger partial charge in [0.1, 0.15) is 11.1 Å². The summed E-state index contributed by atoms with van der Waals surface area (Å²) in [5, 5.41) is 5.42. The summed E-state index contributed by atoms with van der Waals surface area (Å²) in [6, 6.07) is 0.256. The van der Waals surface area contributed by atoms with Gasteiger partial charge in [-0.15, -0.1) is 0 Å². The Labute approximate surface area is 161 Å². The maximum absolute atomic E-state index is 14.6. The molecular formula is C19H22ClFN4O2. The average molecular weight is 393 g/mol. The summed E-state index contributed by atoms with van der Waals surface area (Å²) >= 11 is 5.91. The van der Waals surface area contributed by atoms with E-state index >= 15 is 0 Å². The molecule has 8 heteroatoms. The molecule has 2 atom stereocenters. The Morgan fingerprint density at radius 2 is 1.96 bits per heavy atom. The molecule has 5 rings (SSSR count). The van der Waals surface area contributed by atoms with Crippen molar-refractivity contribution in [1.29, 1.82) is 0 Å². The molecule has 1 saturated heterocycles. The van der Waals surface area contributed by atoms with Crippen LogP contribution in [-0.4, -0.2) is 44.4 Å². The van der Waals surface area contributed by atoms with Crippen molar-refractivity contribution in [2.24, 2.45) is 11.8 Å². The van der Waals surface area contributed by atoms with Crippen molar-refractivity contribution in [1.82, 2.24) is 19.7 Å². The van der Waals surface area contributed by atoms with Gasteiger partial charge in [-0.1, -0.05) is 11.6 Å². The molecule has 2 saturated carbocycles. The molecule has 144 valence electrons. The SMILES string of the molecule is CC(C)(C)OC(=O)N1CC2C(C1)C2c1nn(C2CC2)c2c(F)c(Cl)ncc12. The van der Waals surface area contributed by atoms with Gasteiger partial charge < -0.3 is 9.64 Å². The molecule has 3 aliphatic rings. The molecule has 1 aliphatic heterocycles. The van der Waals surface area contributed by atoms with Crippen LogP contribution in [0.25, 0.3) is 10.9 Å². The summed E-state index contributed by atoms with van der Waals surface area (Å²) in [5.74, 6) is 0.457. The van der Waals surface area contributed by atoms with Gasteiger partial charge in [0, 0.05) is 30.6 Å². The summed E-state index contributed by atoms with van der Waals surface area (Å²) in [4.78, 5) is 18.0. The Balaban J connectivity index is 1.40. The number of fused-ring (bicyclic) bond motifs is 2. The van der Waals surface area contributed by atoms with E-state index in [4.69, 9.17) is 21.4 Å². The van der Waals surface area contributed by atoms with Crippen LogP contribution in [0.4, 0.5) is 9.18 Å². The van der Waals surface area contributed by atoms with Crippen molar-refractivity contribution >= 4 is 28.6 Å². The van der Waals surface area contributed by atoms with Gasteiger partial charge in [-0.3, -0.25) is 4.68 Å². The largest absolute Gasteiger partial charge is 0.444 e. The molecule has 0 spiro atoms. The zero-order valence-corrected chi connectivity index (χ0v) is 16.3. The fourth-order valence-corrected chi connectivity index (χ4v) is 4.46. The van der Waals surface area contributed by atoms with E-state index < -0.39 is 11.4 Å². The van der Waals surface area contributed by atoms with Crippen molar-refractivity contribution in [3.63, 3.8) is 0 Å². The van der Waals surface area contributed by atoms with Crippen molar-refractivity contribution in [2.75, 3.05) is 13.1 Å². The zero-order chi connectivity index (χ0) is 19.1. The third-order valence-corrected chi connectivity index (χ3v) is 5.99. The van der Waals surface area contributed by atoms with Crippen LogP contribution < -0.4 is 0 Å². The van der Waals surface area contributed by atoms with Crippen LogP contribution >= 0.6 is 11.6 Å². The van der Waals surface area contributed by atoms with Crippen LogP contribution in [0.5, 0.6) is 0 Å². The molecule has 0 radical (unpaired) electrons. The molecule has 3 fully saturated rings. The molecule has 0 bridgehead atoms. The first-order chi connectivity index (χ1) is 12.7. The van der Waals surface area contributed by atoms with Gasteiger partial charge in [0.2, 0.25) is 0 Å². The summed E-state index contributed by atoms with van der Waals surface area (Å²) in [6.45, 7) is 6.92. The molecule has 0 aromatic carbocycles. The Bertz CT molecular complexity index is 937. The Morgan fingerprint density at radius 1 is 1.30 bits per heavy atom. The molecule has 1 amide bonds. The first kappa shape index (κ1) is 17.2. The smallest absolute Gasteiger partial charge is 0.410 e. The third kappa shape index (κ3) is 2.78. The van der Waals surface area contributed by atoms with Crippen LogP contribution in [-0.2, 0) is 4.74 Å². The highest BCUT2D eigenvalue weighted by atomic mass is 35.5. The van der Waals surface area contributed by atoms with E-state index in [0.717, 1.165) is 23.9 Å². The van der Waals surface area contributed by atoms with Crippen LogP contribution in [0.1, 0.15) is 51.3 Å². The summed E-state index contributed by atoms with van der Waals surface area (Å²) < 4.78 is 21.9. The van der Waals surface area contributed by atoms with Crippen molar-refractivity contribution in [3.05, 3.63) is 22.9 Å². The average Bonchev–Trinajstić information content (AvgIpc) is 3.46. The second kappa shape index (κ2) is 5.56. The number of piperidine rings is 1. The van der Waals surface area contributed by atoms with Gasteiger partial charge in [0.15, 0.2) is 11.0 Å². The monoisotopic (exact) mass is 392 g/mol. The Morgan fingerprint density at radius 3 is 2.56 bits per heavy atom. The first-order valence-corrected chi connectivity index (χ1v) is 9.82. The molecule has 27 heavy (non-hydrogen) atoms. The molecule has 6 nitrogen and oxygen atoms in total. The van der Waals surface area contributed by atoms with Gasteiger partial charge in [0.05, 0.1) is 11.7 Å². The van der Waals surface area contributed by atoms with E-state index in [0.29, 0.717) is 30.4 Å². The second-order valence-electron chi connectivity index (χ2n) is 8.93. The fraction of sp³-hybridized carbons (Fsp3) is 0.632. The number of amides is 1. The van der Waals surface area contributed by atoms with E-state index in [9.17, 15) is 9.18 Å². The van der Waals surface area contributed by atoms with Crippen molar-refractivity contribution in [2.45, 2.75) is 51.2 Å². The minimum absolute atomic E-state index is 0.108. The fourth-order valence-electron chi connectivity index (χ4n) is 4.32. The lowest BCUT2D eigenvalue weighted by Gasteiger charge is -2.25. The molecule has 2 unspecified atom stereocenters. The minimum atomic E-state index is -0.495. The van der Waals surface area contributed by atoms with E-state index in [1.807, 2.05) is 20.8 Å². The summed E-state index contributed by atoms with van der Waals surface area (Å²) in [7, 11) is 0. The predicted molar refractivity (Wildman–Crippen MR) is 98.3 cm³/mol.